The Morgan fingerprint density at radius 2 is 1.90 bits per heavy atom. The third kappa shape index (κ3) is 4.02. The van der Waals surface area contributed by atoms with E-state index < -0.39 is 11.6 Å². The van der Waals surface area contributed by atoms with Crippen LogP contribution in [0, 0.1) is 11.6 Å². The molecule has 2 aromatic carbocycles. The quantitative estimate of drug-likeness (QED) is 0.864. The second-order valence-electron chi connectivity index (χ2n) is 4.67. The Balaban J connectivity index is 2.24. The normalized spacial score (nSPS) is 12.2. The highest BCUT2D eigenvalue weighted by molar-refractivity contribution is 9.10. The van der Waals surface area contributed by atoms with Crippen molar-refractivity contribution in [2.45, 2.75) is 19.4 Å². The molecule has 2 aromatic rings. The van der Waals surface area contributed by atoms with Crippen LogP contribution >= 0.6 is 15.9 Å². The zero-order valence-electron chi connectivity index (χ0n) is 11.6. The molecule has 2 rings (SSSR count). The summed E-state index contributed by atoms with van der Waals surface area (Å²) in [6.07, 6.45) is 0.397. The van der Waals surface area contributed by atoms with Gasteiger partial charge in [0.2, 0.25) is 0 Å². The molecule has 2 N–H and O–H groups in total. The number of hydrogen-bond acceptors (Lipinski definition) is 2. The number of benzene rings is 2. The van der Waals surface area contributed by atoms with Gasteiger partial charge in [-0.15, -0.1) is 0 Å². The van der Waals surface area contributed by atoms with Gasteiger partial charge in [0.1, 0.15) is 5.75 Å². The summed E-state index contributed by atoms with van der Waals surface area (Å²) in [5.74, 6) is -1.01. The number of hydrogen-bond donors (Lipinski definition) is 1. The molecule has 2 nitrogen and oxygen atoms in total. The predicted molar refractivity (Wildman–Crippen MR) is 82.3 cm³/mol. The Kier molecular flexibility index (Phi) is 5.31. The summed E-state index contributed by atoms with van der Waals surface area (Å²) in [5.41, 5.74) is 7.67. The van der Waals surface area contributed by atoms with Gasteiger partial charge in [0.25, 0.3) is 0 Å². The molecule has 0 heterocycles. The molecule has 0 bridgehead atoms. The molecule has 0 aliphatic rings. The Morgan fingerprint density at radius 1 is 1.14 bits per heavy atom. The van der Waals surface area contributed by atoms with E-state index >= 15 is 0 Å². The fourth-order valence-electron chi connectivity index (χ4n) is 2.13. The minimum atomic E-state index is -0.862. The Morgan fingerprint density at radius 3 is 2.57 bits per heavy atom. The van der Waals surface area contributed by atoms with Crippen LogP contribution in [0.3, 0.4) is 0 Å². The first-order valence-electron chi connectivity index (χ1n) is 6.63. The molecule has 0 aliphatic carbocycles. The van der Waals surface area contributed by atoms with Gasteiger partial charge in [0, 0.05) is 16.1 Å². The lowest BCUT2D eigenvalue weighted by atomic mass is 9.99. The molecule has 21 heavy (non-hydrogen) atoms. The van der Waals surface area contributed by atoms with E-state index in [9.17, 15) is 8.78 Å². The van der Waals surface area contributed by atoms with E-state index in [1.54, 1.807) is 0 Å². The van der Waals surface area contributed by atoms with Gasteiger partial charge in [-0.2, -0.15) is 0 Å². The van der Waals surface area contributed by atoms with Crippen LogP contribution in [0.15, 0.2) is 40.9 Å². The molecule has 1 unspecified atom stereocenters. The van der Waals surface area contributed by atoms with Crippen molar-refractivity contribution in [3.63, 3.8) is 0 Å². The van der Waals surface area contributed by atoms with Crippen molar-refractivity contribution in [3.05, 3.63) is 63.6 Å². The van der Waals surface area contributed by atoms with Gasteiger partial charge in [-0.25, -0.2) is 8.78 Å². The Labute approximate surface area is 131 Å². The zero-order valence-corrected chi connectivity index (χ0v) is 13.2. The van der Waals surface area contributed by atoms with Crippen molar-refractivity contribution in [2.75, 3.05) is 6.61 Å². The molecule has 0 radical (unpaired) electrons. The van der Waals surface area contributed by atoms with E-state index in [1.807, 2.05) is 25.1 Å². The third-order valence-corrected chi connectivity index (χ3v) is 3.60. The summed E-state index contributed by atoms with van der Waals surface area (Å²) >= 11 is 3.40. The summed E-state index contributed by atoms with van der Waals surface area (Å²) in [6, 6.07) is 9.06. The lowest BCUT2D eigenvalue weighted by molar-refractivity contribution is 0.334. The molecular weight excluding hydrogens is 340 g/mol. The maximum atomic E-state index is 13.2. The zero-order chi connectivity index (χ0) is 15.4. The van der Waals surface area contributed by atoms with Crippen LogP contribution in [0.25, 0.3) is 0 Å². The molecule has 1 atom stereocenters. The van der Waals surface area contributed by atoms with E-state index in [1.165, 1.54) is 12.1 Å². The maximum Gasteiger partial charge on any atom is 0.159 e. The van der Waals surface area contributed by atoms with E-state index in [4.69, 9.17) is 10.5 Å². The monoisotopic (exact) mass is 355 g/mol. The van der Waals surface area contributed by atoms with Gasteiger partial charge in [-0.3, -0.25) is 0 Å². The molecule has 0 amide bonds. The number of nitrogens with two attached hydrogens (primary N) is 1. The summed E-state index contributed by atoms with van der Waals surface area (Å²) in [7, 11) is 0. The molecule has 0 aliphatic heterocycles. The Bertz CT molecular complexity index is 634. The van der Waals surface area contributed by atoms with Crippen LogP contribution in [0.5, 0.6) is 5.75 Å². The predicted octanol–water partition coefficient (Wildman–Crippen LogP) is 4.37. The van der Waals surface area contributed by atoms with Crippen molar-refractivity contribution < 1.29 is 13.5 Å². The van der Waals surface area contributed by atoms with Crippen LogP contribution in [0.4, 0.5) is 8.78 Å². The highest BCUT2D eigenvalue weighted by Crippen LogP contribution is 2.29. The van der Waals surface area contributed by atoms with Crippen molar-refractivity contribution in [3.8, 4) is 5.75 Å². The van der Waals surface area contributed by atoms with Crippen molar-refractivity contribution in [1.29, 1.82) is 0 Å². The molecule has 0 saturated carbocycles. The van der Waals surface area contributed by atoms with E-state index in [0.29, 0.717) is 24.3 Å². The largest absolute Gasteiger partial charge is 0.494 e. The lowest BCUT2D eigenvalue weighted by Gasteiger charge is -2.17. The van der Waals surface area contributed by atoms with Crippen LogP contribution in [0.2, 0.25) is 0 Å². The molecule has 5 heteroatoms. The standard InChI is InChI=1S/C16H16BrF2NO/c1-2-21-16-6-4-11(17)9-12(16)15(20)8-10-3-5-13(18)14(19)7-10/h3-7,9,15H,2,8,20H2,1H3. The first-order chi connectivity index (χ1) is 10.0. The maximum absolute atomic E-state index is 13.2. The number of rotatable bonds is 5. The van der Waals surface area contributed by atoms with E-state index in [-0.39, 0.29) is 6.04 Å². The lowest BCUT2D eigenvalue weighted by Crippen LogP contribution is -2.15. The van der Waals surface area contributed by atoms with Crippen molar-refractivity contribution in [2.24, 2.45) is 5.73 Å². The number of ether oxygens (including phenoxy) is 1. The summed E-state index contributed by atoms with van der Waals surface area (Å²) in [5, 5.41) is 0. The SMILES string of the molecule is CCOc1ccc(Br)cc1C(N)Cc1ccc(F)c(F)c1. The first-order valence-corrected chi connectivity index (χ1v) is 7.42. The van der Waals surface area contributed by atoms with Gasteiger partial charge in [0.15, 0.2) is 11.6 Å². The molecule has 0 saturated heterocycles. The minimum Gasteiger partial charge on any atom is -0.494 e. The molecule has 112 valence electrons. The summed E-state index contributed by atoms with van der Waals surface area (Å²) in [4.78, 5) is 0. The average molecular weight is 356 g/mol. The van der Waals surface area contributed by atoms with Crippen LogP contribution < -0.4 is 10.5 Å². The fraction of sp³-hybridized carbons (Fsp3) is 0.250. The van der Waals surface area contributed by atoms with E-state index in [0.717, 1.165) is 16.1 Å². The van der Waals surface area contributed by atoms with Gasteiger partial charge < -0.3 is 10.5 Å². The van der Waals surface area contributed by atoms with Crippen LogP contribution in [-0.2, 0) is 6.42 Å². The molecule has 0 spiro atoms. The molecule has 0 fully saturated rings. The molecule has 0 aromatic heterocycles. The minimum absolute atomic E-state index is 0.367. The number of halogens is 3. The Hall–Kier alpha value is -1.46. The van der Waals surface area contributed by atoms with Crippen LogP contribution in [-0.4, -0.2) is 6.61 Å². The second kappa shape index (κ2) is 7.00. The first kappa shape index (κ1) is 15.9. The van der Waals surface area contributed by atoms with Crippen molar-refractivity contribution >= 4 is 15.9 Å². The van der Waals surface area contributed by atoms with Crippen molar-refractivity contribution in [1.82, 2.24) is 0 Å². The summed E-state index contributed by atoms with van der Waals surface area (Å²) < 4.78 is 32.6. The van der Waals surface area contributed by atoms with Gasteiger partial charge in [0.05, 0.1) is 6.61 Å². The van der Waals surface area contributed by atoms with Gasteiger partial charge in [-0.05, 0) is 49.2 Å². The average Bonchev–Trinajstić information content (AvgIpc) is 2.45. The van der Waals surface area contributed by atoms with Gasteiger partial charge in [-0.1, -0.05) is 22.0 Å². The second-order valence-corrected chi connectivity index (χ2v) is 5.59. The van der Waals surface area contributed by atoms with E-state index in [2.05, 4.69) is 15.9 Å². The topological polar surface area (TPSA) is 35.2 Å². The summed E-state index contributed by atoms with van der Waals surface area (Å²) in [6.45, 7) is 2.43. The fourth-order valence-corrected chi connectivity index (χ4v) is 2.51. The van der Waals surface area contributed by atoms with Gasteiger partial charge >= 0.3 is 0 Å². The highest BCUT2D eigenvalue weighted by atomic mass is 79.9. The third-order valence-electron chi connectivity index (χ3n) is 3.11. The molecular formula is C16H16BrF2NO. The highest BCUT2D eigenvalue weighted by Gasteiger charge is 2.14. The smallest absolute Gasteiger partial charge is 0.159 e. The van der Waals surface area contributed by atoms with Crippen LogP contribution in [0.1, 0.15) is 24.1 Å².